The summed E-state index contributed by atoms with van der Waals surface area (Å²) >= 11 is 0. The van der Waals surface area contributed by atoms with Crippen molar-refractivity contribution in [1.82, 2.24) is 15.2 Å². The number of hydrogen-bond acceptors (Lipinski definition) is 4. The highest BCUT2D eigenvalue weighted by Crippen LogP contribution is 2.29. The van der Waals surface area contributed by atoms with Gasteiger partial charge in [0.25, 0.3) is 5.91 Å². The van der Waals surface area contributed by atoms with Crippen LogP contribution < -0.4 is 10.2 Å². The molecule has 0 bridgehead atoms. The zero-order chi connectivity index (χ0) is 17.4. The highest BCUT2D eigenvalue weighted by atomic mass is 16.4. The first kappa shape index (κ1) is 16.5. The van der Waals surface area contributed by atoms with Crippen LogP contribution in [0, 0.1) is 11.8 Å². The van der Waals surface area contributed by atoms with Crippen LogP contribution in [0.4, 0.5) is 10.6 Å². The maximum Gasteiger partial charge on any atom is 0.407 e. The van der Waals surface area contributed by atoms with E-state index in [1.807, 2.05) is 6.07 Å². The molecule has 2 N–H and O–H groups in total. The number of pyridine rings is 1. The van der Waals surface area contributed by atoms with Gasteiger partial charge in [-0.25, -0.2) is 9.78 Å². The minimum atomic E-state index is -1.01. The second-order valence-corrected chi connectivity index (χ2v) is 7.13. The molecular weight excluding hydrogens is 308 g/mol. The van der Waals surface area contributed by atoms with Gasteiger partial charge in [0, 0.05) is 37.8 Å². The van der Waals surface area contributed by atoms with Crippen molar-refractivity contribution >= 4 is 17.8 Å². The Bertz CT molecular complexity index is 666. The number of nitrogens with one attached hydrogen (secondary N) is 1. The molecule has 1 aromatic rings. The fraction of sp³-hybridized carbons (Fsp3) is 0.588. The van der Waals surface area contributed by atoms with Gasteiger partial charge < -0.3 is 20.2 Å². The molecule has 24 heavy (non-hydrogen) atoms. The second-order valence-electron chi connectivity index (χ2n) is 7.13. The number of carbonyl (C=O) groups excluding carboxylic acids is 1. The Labute approximate surface area is 141 Å². The van der Waals surface area contributed by atoms with Crippen molar-refractivity contribution in [2.24, 2.45) is 11.8 Å². The fourth-order valence-corrected chi connectivity index (χ4v) is 3.71. The predicted octanol–water partition coefficient (Wildman–Crippen LogP) is 1.92. The molecule has 7 nitrogen and oxygen atoms in total. The molecule has 3 heterocycles. The van der Waals surface area contributed by atoms with E-state index in [0.717, 1.165) is 24.5 Å². The number of fused-ring (bicyclic) bond motifs is 1. The summed E-state index contributed by atoms with van der Waals surface area (Å²) in [6.07, 6.45) is 0.185. The Morgan fingerprint density at radius 1 is 1.42 bits per heavy atom. The molecule has 2 amide bonds. The summed E-state index contributed by atoms with van der Waals surface area (Å²) in [6, 6.07) is 1.85. The monoisotopic (exact) mass is 332 g/mol. The number of rotatable bonds is 3. The Morgan fingerprint density at radius 2 is 2.08 bits per heavy atom. The van der Waals surface area contributed by atoms with Crippen LogP contribution in [0.3, 0.4) is 0 Å². The third-order valence-corrected chi connectivity index (χ3v) is 4.77. The second kappa shape index (κ2) is 6.30. The lowest BCUT2D eigenvalue weighted by molar-refractivity contribution is 0.0965. The first-order valence-electron chi connectivity index (χ1n) is 8.35. The fourth-order valence-electron chi connectivity index (χ4n) is 3.71. The summed E-state index contributed by atoms with van der Waals surface area (Å²) in [7, 11) is 1.51. The van der Waals surface area contributed by atoms with Crippen LogP contribution in [0.5, 0.6) is 0 Å². The maximum absolute atomic E-state index is 12.1. The van der Waals surface area contributed by atoms with Gasteiger partial charge in [0.1, 0.15) is 5.82 Å². The summed E-state index contributed by atoms with van der Waals surface area (Å²) in [5.74, 6) is 1.81. The summed E-state index contributed by atoms with van der Waals surface area (Å²) in [6.45, 7) is 6.86. The van der Waals surface area contributed by atoms with E-state index < -0.39 is 6.09 Å². The molecule has 2 aliphatic heterocycles. The molecule has 0 saturated carbocycles. The smallest absolute Gasteiger partial charge is 0.407 e. The van der Waals surface area contributed by atoms with E-state index in [1.54, 1.807) is 0 Å². The normalized spacial score (nSPS) is 23.0. The first-order valence-corrected chi connectivity index (χ1v) is 8.35. The third-order valence-electron chi connectivity index (χ3n) is 4.77. The summed E-state index contributed by atoms with van der Waals surface area (Å²) in [4.78, 5) is 31.4. The summed E-state index contributed by atoms with van der Waals surface area (Å²) < 4.78 is 0. The van der Waals surface area contributed by atoms with Gasteiger partial charge in [-0.3, -0.25) is 4.79 Å². The zero-order valence-electron chi connectivity index (χ0n) is 14.4. The lowest BCUT2D eigenvalue weighted by Gasteiger charge is -2.36. The van der Waals surface area contributed by atoms with E-state index in [0.29, 0.717) is 29.6 Å². The number of carbonyl (C=O) groups is 2. The predicted molar refractivity (Wildman–Crippen MR) is 90.1 cm³/mol. The zero-order valence-corrected chi connectivity index (χ0v) is 14.4. The Balaban J connectivity index is 1.97. The van der Waals surface area contributed by atoms with Gasteiger partial charge in [0.15, 0.2) is 0 Å². The lowest BCUT2D eigenvalue weighted by atomic mass is 9.92. The van der Waals surface area contributed by atoms with Crippen LogP contribution in [0.15, 0.2) is 6.07 Å². The molecule has 1 aromatic heterocycles. The highest BCUT2D eigenvalue weighted by Gasteiger charge is 2.28. The van der Waals surface area contributed by atoms with Gasteiger partial charge in [-0.15, -0.1) is 0 Å². The van der Waals surface area contributed by atoms with Crippen molar-refractivity contribution in [2.75, 3.05) is 25.0 Å². The van der Waals surface area contributed by atoms with Crippen LogP contribution >= 0.6 is 0 Å². The van der Waals surface area contributed by atoms with E-state index in [1.165, 1.54) is 18.4 Å². The average molecular weight is 332 g/mol. The Morgan fingerprint density at radius 3 is 2.71 bits per heavy atom. The van der Waals surface area contributed by atoms with Crippen molar-refractivity contribution in [3.05, 3.63) is 22.9 Å². The average Bonchev–Trinajstić information content (AvgIpc) is 2.88. The molecule has 7 heteroatoms. The van der Waals surface area contributed by atoms with Crippen LogP contribution in [0.1, 0.15) is 41.9 Å². The van der Waals surface area contributed by atoms with E-state index in [-0.39, 0.29) is 12.5 Å². The molecular formula is C17H24N4O3. The van der Waals surface area contributed by atoms with Crippen LogP contribution in [-0.4, -0.2) is 47.1 Å². The van der Waals surface area contributed by atoms with E-state index >= 15 is 0 Å². The molecule has 1 saturated heterocycles. The first-order chi connectivity index (χ1) is 11.3. The molecule has 2 aliphatic rings. The molecule has 3 rings (SSSR count). The number of aromatic nitrogens is 1. The van der Waals surface area contributed by atoms with Crippen LogP contribution in [-0.2, 0) is 13.1 Å². The molecule has 0 radical (unpaired) electrons. The van der Waals surface area contributed by atoms with Gasteiger partial charge in [-0.1, -0.05) is 13.8 Å². The van der Waals surface area contributed by atoms with Crippen molar-refractivity contribution in [3.8, 4) is 0 Å². The van der Waals surface area contributed by atoms with E-state index in [4.69, 9.17) is 10.1 Å². The largest absolute Gasteiger partial charge is 0.465 e. The Hall–Kier alpha value is -2.31. The van der Waals surface area contributed by atoms with Gasteiger partial charge in [0.2, 0.25) is 0 Å². The van der Waals surface area contributed by atoms with Crippen molar-refractivity contribution in [1.29, 1.82) is 0 Å². The SMILES string of the molecule is CC1CC(C)CN(c2cc3c(c(CN(C)C(=O)O)n2)CNC3=O)C1. The highest BCUT2D eigenvalue weighted by molar-refractivity contribution is 5.99. The maximum atomic E-state index is 12.1. The number of anilines is 1. The standard InChI is InChI=1S/C17H24N4O3/c1-10-4-11(2)8-21(7-10)15-5-12-13(6-18-16(12)22)14(19-15)9-20(3)17(23)24/h5,10-11H,4,6-9H2,1-3H3,(H,18,22)(H,23,24). The van der Waals surface area contributed by atoms with Crippen molar-refractivity contribution in [2.45, 2.75) is 33.4 Å². The Kier molecular flexibility index (Phi) is 4.34. The summed E-state index contributed by atoms with van der Waals surface area (Å²) in [5.41, 5.74) is 2.10. The molecule has 130 valence electrons. The van der Waals surface area contributed by atoms with Gasteiger partial charge in [-0.05, 0) is 24.3 Å². The summed E-state index contributed by atoms with van der Waals surface area (Å²) in [5, 5.41) is 11.9. The topological polar surface area (TPSA) is 85.8 Å². The number of hydrogen-bond donors (Lipinski definition) is 2. The van der Waals surface area contributed by atoms with Crippen molar-refractivity contribution < 1.29 is 14.7 Å². The van der Waals surface area contributed by atoms with Crippen LogP contribution in [0.25, 0.3) is 0 Å². The third kappa shape index (κ3) is 3.16. The number of nitrogens with zero attached hydrogens (tertiary/aromatic N) is 3. The van der Waals surface area contributed by atoms with Gasteiger partial charge in [0.05, 0.1) is 12.2 Å². The van der Waals surface area contributed by atoms with Gasteiger partial charge >= 0.3 is 6.09 Å². The minimum absolute atomic E-state index is 0.106. The van der Waals surface area contributed by atoms with Gasteiger partial charge in [-0.2, -0.15) is 0 Å². The molecule has 0 spiro atoms. The van der Waals surface area contributed by atoms with E-state index in [9.17, 15) is 9.59 Å². The quantitative estimate of drug-likeness (QED) is 0.883. The lowest BCUT2D eigenvalue weighted by Crippen LogP contribution is -2.39. The number of carboxylic acid groups (broad SMARTS) is 1. The molecule has 0 aromatic carbocycles. The number of piperidine rings is 1. The van der Waals surface area contributed by atoms with Crippen LogP contribution in [0.2, 0.25) is 0 Å². The van der Waals surface area contributed by atoms with Crippen molar-refractivity contribution in [3.63, 3.8) is 0 Å². The van der Waals surface area contributed by atoms with E-state index in [2.05, 4.69) is 24.1 Å². The molecule has 1 fully saturated rings. The molecule has 2 unspecified atom stereocenters. The molecule has 0 aliphatic carbocycles. The molecule has 2 atom stereocenters. The minimum Gasteiger partial charge on any atom is -0.465 e. The number of amides is 2.